The molecule has 64 valence electrons. The second-order valence-corrected chi connectivity index (χ2v) is 2.41. The highest BCUT2D eigenvalue weighted by atomic mass is 16.5. The summed E-state index contributed by atoms with van der Waals surface area (Å²) in [5.41, 5.74) is 0. The lowest BCUT2D eigenvalue weighted by atomic mass is 10.2. The maximum Gasteiger partial charge on any atom is 0.202 e. The first-order valence-corrected chi connectivity index (χ1v) is 4.07. The molecule has 0 fully saturated rings. The molecule has 0 saturated carbocycles. The van der Waals surface area contributed by atoms with Crippen molar-refractivity contribution in [2.24, 2.45) is 5.11 Å². The molecule has 0 aromatic rings. The molecule has 0 aliphatic heterocycles. The zero-order valence-corrected chi connectivity index (χ0v) is 7.12. The first-order chi connectivity index (χ1) is 5.31. The number of hydrogen-bond donors (Lipinski definition) is 0. The molecule has 0 aromatic heterocycles. The Kier molecular flexibility index (Phi) is 6.68. The van der Waals surface area contributed by atoms with Crippen molar-refractivity contribution in [3.63, 3.8) is 0 Å². The summed E-state index contributed by atoms with van der Waals surface area (Å²) in [5.74, 6) is 0. The monoisotopic (exact) mass is 156 g/mol. The van der Waals surface area contributed by atoms with Crippen LogP contribution >= 0.6 is 0 Å². The fourth-order valence-corrected chi connectivity index (χ4v) is 0.766. The predicted molar refractivity (Wildman–Crippen MR) is 45.3 cm³/mol. The smallest absolute Gasteiger partial charge is 0.202 e. The molecule has 0 bridgehead atoms. The van der Waals surface area contributed by atoms with Crippen molar-refractivity contribution in [1.82, 2.24) is 0 Å². The molecule has 0 atom stereocenters. The topological polar surface area (TPSA) is 38.4 Å². The molecule has 0 unspecified atom stereocenters. The molecule has 3 nitrogen and oxygen atoms in total. The number of rotatable bonds is 6. The van der Waals surface area contributed by atoms with E-state index in [0.717, 1.165) is 12.8 Å². The Hall–Kier alpha value is -0.860. The largest absolute Gasteiger partial charge is 0.595 e. The van der Waals surface area contributed by atoms with E-state index < -0.39 is 0 Å². The van der Waals surface area contributed by atoms with Gasteiger partial charge >= 0.3 is 0 Å². The Morgan fingerprint density at radius 2 is 2.18 bits per heavy atom. The van der Waals surface area contributed by atoms with Crippen LogP contribution in [0.4, 0.5) is 0 Å². The van der Waals surface area contributed by atoms with Crippen LogP contribution in [0.3, 0.4) is 0 Å². The van der Waals surface area contributed by atoms with E-state index in [0.29, 0.717) is 11.4 Å². The van der Waals surface area contributed by atoms with E-state index in [1.54, 1.807) is 0 Å². The minimum atomic E-state index is 0.520. The van der Waals surface area contributed by atoms with Gasteiger partial charge in [0.1, 0.15) is 6.54 Å². The van der Waals surface area contributed by atoms with Crippen LogP contribution in [-0.2, 0) is 0 Å². The maximum absolute atomic E-state index is 10.5. The van der Waals surface area contributed by atoms with Gasteiger partial charge in [-0.1, -0.05) is 31.0 Å². The fraction of sp³-hybridized carbons (Fsp3) is 0.750. The van der Waals surface area contributed by atoms with Gasteiger partial charge in [-0.25, -0.2) is 0 Å². The van der Waals surface area contributed by atoms with Crippen LogP contribution in [0.25, 0.3) is 0 Å². The van der Waals surface area contributed by atoms with E-state index in [2.05, 4.69) is 18.6 Å². The normalized spacial score (nSPS) is 11.5. The van der Waals surface area contributed by atoms with Gasteiger partial charge in [0.2, 0.25) is 6.20 Å². The number of azo groups is 1. The summed E-state index contributed by atoms with van der Waals surface area (Å²) in [6.45, 7) is 6.07. The standard InChI is InChI=1S/C8H16N2O/c1-3-5-6-7-8-9-10(11)4-2/h4H,2-3,5-8H2,1H3. The van der Waals surface area contributed by atoms with Gasteiger partial charge in [-0.05, 0) is 18.1 Å². The Bertz CT molecular complexity index is 132. The van der Waals surface area contributed by atoms with Crippen molar-refractivity contribution in [2.45, 2.75) is 32.6 Å². The molecular weight excluding hydrogens is 140 g/mol. The number of nitrogens with zero attached hydrogens (tertiary/aromatic N) is 2. The Balaban J connectivity index is 3.19. The highest BCUT2D eigenvalue weighted by Crippen LogP contribution is 1.98. The second-order valence-electron chi connectivity index (χ2n) is 2.41. The molecule has 0 aliphatic rings. The molecule has 0 amide bonds. The van der Waals surface area contributed by atoms with Gasteiger partial charge in [0.15, 0.2) is 0 Å². The summed E-state index contributed by atoms with van der Waals surface area (Å²) in [5, 5.41) is 14.2. The average Bonchev–Trinajstić information content (AvgIpc) is 2.04. The molecular formula is C8H16N2O. The molecule has 3 heteroatoms. The highest BCUT2D eigenvalue weighted by Gasteiger charge is 1.88. The van der Waals surface area contributed by atoms with Gasteiger partial charge in [-0.2, -0.15) is 0 Å². The van der Waals surface area contributed by atoms with Crippen molar-refractivity contribution in [2.75, 3.05) is 6.54 Å². The van der Waals surface area contributed by atoms with Crippen LogP contribution in [0.5, 0.6) is 0 Å². The van der Waals surface area contributed by atoms with E-state index in [1.165, 1.54) is 19.0 Å². The van der Waals surface area contributed by atoms with Gasteiger partial charge in [-0.15, -0.1) is 0 Å². The zero-order valence-electron chi connectivity index (χ0n) is 7.12. The second kappa shape index (κ2) is 7.25. The van der Waals surface area contributed by atoms with Crippen LogP contribution in [0.1, 0.15) is 32.6 Å². The van der Waals surface area contributed by atoms with Gasteiger partial charge in [-0.3, -0.25) is 0 Å². The molecule has 0 spiro atoms. The van der Waals surface area contributed by atoms with Crippen LogP contribution in [-0.4, -0.2) is 11.4 Å². The van der Waals surface area contributed by atoms with Gasteiger partial charge < -0.3 is 5.21 Å². The van der Waals surface area contributed by atoms with E-state index in [1.807, 2.05) is 0 Å². The van der Waals surface area contributed by atoms with Crippen LogP contribution in [0, 0.1) is 5.21 Å². The third-order valence-electron chi connectivity index (χ3n) is 1.41. The molecule has 0 heterocycles. The SMILES string of the molecule is C=C[N+]([O-])=NCCCCCC. The van der Waals surface area contributed by atoms with Crippen LogP contribution in [0.2, 0.25) is 0 Å². The van der Waals surface area contributed by atoms with Crippen LogP contribution < -0.4 is 0 Å². The summed E-state index contributed by atoms with van der Waals surface area (Å²) in [4.78, 5) is 0.520. The van der Waals surface area contributed by atoms with Gasteiger partial charge in [0, 0.05) is 0 Å². The summed E-state index contributed by atoms with van der Waals surface area (Å²) in [6, 6.07) is 0. The Morgan fingerprint density at radius 3 is 2.73 bits per heavy atom. The average molecular weight is 156 g/mol. The number of unbranched alkanes of at least 4 members (excludes halogenated alkanes) is 3. The third kappa shape index (κ3) is 7.03. The van der Waals surface area contributed by atoms with Crippen molar-refractivity contribution >= 4 is 0 Å². The molecule has 0 saturated heterocycles. The Morgan fingerprint density at radius 1 is 1.45 bits per heavy atom. The minimum Gasteiger partial charge on any atom is -0.595 e. The zero-order chi connectivity index (χ0) is 8.53. The minimum absolute atomic E-state index is 0.520. The van der Waals surface area contributed by atoms with Crippen molar-refractivity contribution < 1.29 is 4.86 Å². The lowest BCUT2D eigenvalue weighted by Crippen LogP contribution is -1.90. The molecule has 0 aromatic carbocycles. The summed E-state index contributed by atoms with van der Waals surface area (Å²) < 4.78 is 0. The summed E-state index contributed by atoms with van der Waals surface area (Å²) in [7, 11) is 0. The third-order valence-corrected chi connectivity index (χ3v) is 1.41. The van der Waals surface area contributed by atoms with Gasteiger partial charge in [0.25, 0.3) is 0 Å². The van der Waals surface area contributed by atoms with Crippen molar-refractivity contribution in [3.8, 4) is 0 Å². The molecule has 0 rings (SSSR count). The molecule has 11 heavy (non-hydrogen) atoms. The van der Waals surface area contributed by atoms with E-state index >= 15 is 0 Å². The molecule has 0 radical (unpaired) electrons. The van der Waals surface area contributed by atoms with E-state index in [9.17, 15) is 5.21 Å². The van der Waals surface area contributed by atoms with Crippen LogP contribution in [0.15, 0.2) is 17.9 Å². The van der Waals surface area contributed by atoms with Crippen molar-refractivity contribution in [1.29, 1.82) is 0 Å². The molecule has 0 aliphatic carbocycles. The lowest BCUT2D eigenvalue weighted by Gasteiger charge is -1.93. The van der Waals surface area contributed by atoms with E-state index in [-0.39, 0.29) is 0 Å². The fourth-order valence-electron chi connectivity index (χ4n) is 0.766. The van der Waals surface area contributed by atoms with E-state index in [4.69, 9.17) is 0 Å². The predicted octanol–water partition coefficient (Wildman–Crippen LogP) is 2.67. The highest BCUT2D eigenvalue weighted by molar-refractivity contribution is 4.45. The number of hydrogen-bond acceptors (Lipinski definition) is 2. The molecule has 0 N–H and O–H groups in total. The first kappa shape index (κ1) is 10.1. The lowest BCUT2D eigenvalue weighted by molar-refractivity contribution is -0.458. The Labute approximate surface area is 68.0 Å². The van der Waals surface area contributed by atoms with Gasteiger partial charge in [0.05, 0.1) is 0 Å². The first-order valence-electron chi connectivity index (χ1n) is 4.07. The van der Waals surface area contributed by atoms with Crippen molar-refractivity contribution in [3.05, 3.63) is 18.0 Å². The number of hydroxylamine groups is 1. The summed E-state index contributed by atoms with van der Waals surface area (Å²) >= 11 is 0. The maximum atomic E-state index is 10.5. The summed E-state index contributed by atoms with van der Waals surface area (Å²) in [6.07, 6.45) is 5.76. The quantitative estimate of drug-likeness (QED) is 0.252.